The van der Waals surface area contributed by atoms with E-state index in [-0.39, 0.29) is 36.7 Å². The fraction of sp³-hybridized carbons (Fsp3) is 0.468. The average Bonchev–Trinajstić information content (AvgIpc) is 3.24. The smallest absolute Gasteiger partial charge is 0.217 e. The molecule has 0 unspecified atom stereocenters. The van der Waals surface area contributed by atoms with Gasteiger partial charge in [-0.05, 0) is 42.0 Å². The van der Waals surface area contributed by atoms with Gasteiger partial charge in [0.15, 0.2) is 6.29 Å². The lowest BCUT2D eigenvalue weighted by Gasteiger charge is -2.50. The van der Waals surface area contributed by atoms with E-state index in [1.807, 2.05) is 128 Å². The molecule has 0 saturated carbocycles. The van der Waals surface area contributed by atoms with Crippen LogP contribution < -0.4 is 5.32 Å². The van der Waals surface area contributed by atoms with Crippen molar-refractivity contribution in [3.63, 3.8) is 0 Å². The first-order valence-electron chi connectivity index (χ1n) is 20.5. The molecule has 0 bridgehead atoms. The maximum Gasteiger partial charge on any atom is 0.217 e. The SMILES string of the molecule is CC(=O)N[C@H]1[C@@H](OCc2ccccc2)O[C@H](CO)[C@@H](O)[C@@H]1C[C@H]1OC[C@@H]1C[C@@H]1O[C@@H](C)[C@@H](OCc2ccccc2)[C@@H](OCc2ccccc2)[C@@H]1OCc1ccccc1. The van der Waals surface area contributed by atoms with Crippen molar-refractivity contribution in [1.82, 2.24) is 5.32 Å². The summed E-state index contributed by atoms with van der Waals surface area (Å²) in [6, 6.07) is 39.2. The number of nitrogens with one attached hydrogen (secondary N) is 1. The maximum atomic E-state index is 12.6. The largest absolute Gasteiger partial charge is 0.394 e. The van der Waals surface area contributed by atoms with Gasteiger partial charge >= 0.3 is 0 Å². The maximum absolute atomic E-state index is 12.6. The van der Waals surface area contributed by atoms with Crippen LogP contribution in [0, 0.1) is 11.8 Å². The zero-order valence-corrected chi connectivity index (χ0v) is 33.3. The lowest BCUT2D eigenvalue weighted by molar-refractivity contribution is -0.277. The molecule has 58 heavy (non-hydrogen) atoms. The molecule has 1 amide bonds. The molecule has 310 valence electrons. The number of hydrogen-bond donors (Lipinski definition) is 3. The lowest BCUT2D eigenvalue weighted by atomic mass is 9.77. The summed E-state index contributed by atoms with van der Waals surface area (Å²) in [5.74, 6) is -0.764. The van der Waals surface area contributed by atoms with Crippen LogP contribution in [0.15, 0.2) is 121 Å². The first-order valence-corrected chi connectivity index (χ1v) is 20.5. The molecule has 3 aliphatic rings. The van der Waals surface area contributed by atoms with E-state index in [0.29, 0.717) is 39.3 Å². The zero-order valence-electron chi connectivity index (χ0n) is 33.3. The summed E-state index contributed by atoms with van der Waals surface area (Å²) < 4.78 is 45.7. The molecule has 3 aliphatic heterocycles. The van der Waals surface area contributed by atoms with Gasteiger partial charge in [0.2, 0.25) is 5.91 Å². The number of rotatable bonds is 18. The second-order valence-corrected chi connectivity index (χ2v) is 15.7. The molecule has 3 saturated heterocycles. The molecule has 12 atom stereocenters. The Labute approximate surface area is 341 Å². The molecular weight excluding hydrogens is 739 g/mol. The Hall–Kier alpha value is -4.01. The molecule has 4 aromatic rings. The van der Waals surface area contributed by atoms with Crippen molar-refractivity contribution in [2.24, 2.45) is 11.8 Å². The van der Waals surface area contributed by atoms with E-state index in [2.05, 4.69) is 5.32 Å². The number of benzene rings is 4. The summed E-state index contributed by atoms with van der Waals surface area (Å²) in [6.07, 6.45) is -4.21. The Morgan fingerprint density at radius 1 is 0.638 bits per heavy atom. The summed E-state index contributed by atoms with van der Waals surface area (Å²) >= 11 is 0. The van der Waals surface area contributed by atoms with Gasteiger partial charge in [-0.3, -0.25) is 4.79 Å². The van der Waals surface area contributed by atoms with Crippen molar-refractivity contribution in [2.75, 3.05) is 13.2 Å². The predicted molar refractivity (Wildman–Crippen MR) is 216 cm³/mol. The van der Waals surface area contributed by atoms with Crippen LogP contribution in [0.3, 0.4) is 0 Å². The van der Waals surface area contributed by atoms with Gasteiger partial charge in [0.25, 0.3) is 0 Å². The molecule has 0 spiro atoms. The third-order valence-corrected chi connectivity index (χ3v) is 11.5. The van der Waals surface area contributed by atoms with Crippen molar-refractivity contribution < 1.29 is 48.2 Å². The van der Waals surface area contributed by atoms with Crippen LogP contribution in [0.2, 0.25) is 0 Å². The molecule has 0 aromatic heterocycles. The second-order valence-electron chi connectivity index (χ2n) is 15.7. The predicted octanol–water partition coefficient (Wildman–Crippen LogP) is 5.74. The first kappa shape index (κ1) is 42.1. The van der Waals surface area contributed by atoms with Crippen molar-refractivity contribution >= 4 is 5.91 Å². The Bertz CT molecular complexity index is 1800. The minimum atomic E-state index is -1.07. The van der Waals surface area contributed by atoms with E-state index in [1.54, 1.807) is 0 Å². The van der Waals surface area contributed by atoms with E-state index >= 15 is 0 Å². The van der Waals surface area contributed by atoms with Gasteiger partial charge in [-0.15, -0.1) is 0 Å². The Kier molecular flexibility index (Phi) is 15.1. The van der Waals surface area contributed by atoms with Crippen molar-refractivity contribution in [3.05, 3.63) is 144 Å². The molecular formula is C47H57NO10. The molecule has 11 nitrogen and oxygen atoms in total. The number of aliphatic hydroxyl groups excluding tert-OH is 2. The van der Waals surface area contributed by atoms with E-state index in [0.717, 1.165) is 22.3 Å². The molecule has 3 fully saturated rings. The van der Waals surface area contributed by atoms with Crippen LogP contribution in [0.5, 0.6) is 0 Å². The average molecular weight is 796 g/mol. The molecule has 4 aromatic carbocycles. The summed E-state index contributed by atoms with van der Waals surface area (Å²) in [5, 5.41) is 24.8. The summed E-state index contributed by atoms with van der Waals surface area (Å²) in [6.45, 7) is 4.92. The third-order valence-electron chi connectivity index (χ3n) is 11.5. The van der Waals surface area contributed by atoms with E-state index < -0.39 is 55.4 Å². The molecule has 11 heteroatoms. The van der Waals surface area contributed by atoms with Crippen LogP contribution in [0.1, 0.15) is 48.9 Å². The summed E-state index contributed by atoms with van der Waals surface area (Å²) in [7, 11) is 0. The topological polar surface area (TPSA) is 134 Å². The molecule has 0 aliphatic carbocycles. The molecule has 7 rings (SSSR count). The Morgan fingerprint density at radius 2 is 1.12 bits per heavy atom. The molecule has 0 radical (unpaired) electrons. The van der Waals surface area contributed by atoms with E-state index in [1.165, 1.54) is 6.92 Å². The van der Waals surface area contributed by atoms with Gasteiger partial charge in [-0.25, -0.2) is 0 Å². The quantitative estimate of drug-likeness (QED) is 0.115. The van der Waals surface area contributed by atoms with Crippen LogP contribution in [0.25, 0.3) is 0 Å². The number of amides is 1. The normalized spacial score (nSPS) is 31.0. The fourth-order valence-electron chi connectivity index (χ4n) is 8.39. The van der Waals surface area contributed by atoms with Gasteiger partial charge in [0, 0.05) is 18.8 Å². The third kappa shape index (κ3) is 11.0. The highest BCUT2D eigenvalue weighted by Crippen LogP contribution is 2.40. The standard InChI is InChI=1S/C47H57NO10/c1-31-44(53-26-33-15-7-3-8-16-33)46(55-28-35-19-11-5-12-20-35)45(54-27-34-17-9-4-10-18-34)40(57-31)23-37-30-52-39(37)24-38-42(48-32(2)50)47(58-41(25-49)43(38)51)56-29-36-21-13-6-14-22-36/h3-22,31,37-47,49,51H,23-30H2,1-2H3,(H,48,50)/t31-,37-,38+,39+,40-,41+,42+,43-,44+,45+,46+,47-/m0/s1. The number of carbonyl (C=O) groups excluding carboxylic acids is 1. The monoisotopic (exact) mass is 795 g/mol. The Morgan fingerprint density at radius 3 is 1.59 bits per heavy atom. The number of ether oxygens (including phenoxy) is 7. The van der Waals surface area contributed by atoms with Crippen molar-refractivity contribution in [3.8, 4) is 0 Å². The Balaban J connectivity index is 1.11. The van der Waals surface area contributed by atoms with Crippen LogP contribution in [0.4, 0.5) is 0 Å². The summed E-state index contributed by atoms with van der Waals surface area (Å²) in [5.41, 5.74) is 4.07. The van der Waals surface area contributed by atoms with Gasteiger partial charge in [0.1, 0.15) is 24.4 Å². The van der Waals surface area contributed by atoms with Gasteiger partial charge in [-0.1, -0.05) is 121 Å². The minimum absolute atomic E-state index is 0.0425. The lowest BCUT2D eigenvalue weighted by Crippen LogP contribution is -2.63. The van der Waals surface area contributed by atoms with Crippen LogP contribution >= 0.6 is 0 Å². The highest BCUT2D eigenvalue weighted by molar-refractivity contribution is 5.73. The fourth-order valence-corrected chi connectivity index (χ4v) is 8.39. The second kappa shape index (κ2) is 20.8. The zero-order chi connectivity index (χ0) is 40.3. The van der Waals surface area contributed by atoms with Crippen LogP contribution in [-0.4, -0.2) is 90.5 Å². The van der Waals surface area contributed by atoms with Crippen molar-refractivity contribution in [2.45, 2.75) is 114 Å². The van der Waals surface area contributed by atoms with Gasteiger partial charge < -0.3 is 48.7 Å². The summed E-state index contributed by atoms with van der Waals surface area (Å²) in [4.78, 5) is 12.6. The first-order chi connectivity index (χ1) is 28.4. The van der Waals surface area contributed by atoms with E-state index in [4.69, 9.17) is 33.2 Å². The van der Waals surface area contributed by atoms with Crippen molar-refractivity contribution in [1.29, 1.82) is 0 Å². The van der Waals surface area contributed by atoms with Crippen LogP contribution in [-0.2, 0) is 64.4 Å². The number of aliphatic hydroxyl groups is 2. The molecule has 3 N–H and O–H groups in total. The van der Waals surface area contributed by atoms with Gasteiger partial charge in [0.05, 0.1) is 70.1 Å². The number of hydrogen-bond acceptors (Lipinski definition) is 10. The highest BCUT2D eigenvalue weighted by atomic mass is 16.7. The molecule has 3 heterocycles. The minimum Gasteiger partial charge on any atom is -0.394 e. The number of carbonyl (C=O) groups is 1. The highest BCUT2D eigenvalue weighted by Gasteiger charge is 2.51. The van der Waals surface area contributed by atoms with Gasteiger partial charge in [-0.2, -0.15) is 0 Å². The van der Waals surface area contributed by atoms with E-state index in [9.17, 15) is 15.0 Å².